The number of carboxylic acids is 2. The first-order valence-electron chi connectivity index (χ1n) is 12.7. The van der Waals surface area contributed by atoms with Crippen LogP contribution < -0.4 is 21.3 Å². The number of carbonyl (C=O) groups excluding carboxylic acids is 4. The summed E-state index contributed by atoms with van der Waals surface area (Å²) in [5, 5.41) is 28.3. The van der Waals surface area contributed by atoms with E-state index in [0.29, 0.717) is 5.56 Å². The molecule has 0 aromatic heterocycles. The highest BCUT2D eigenvalue weighted by atomic mass is 32.2. The number of carbonyl (C=O) groups is 6. The fraction of sp³-hybridized carbons (Fsp3) is 0.462. The smallest absolute Gasteiger partial charge is 0.408 e. The summed E-state index contributed by atoms with van der Waals surface area (Å²) in [6.45, 7) is 4.29. The van der Waals surface area contributed by atoms with Crippen LogP contribution in [-0.2, 0) is 45.2 Å². The van der Waals surface area contributed by atoms with Gasteiger partial charge in [0, 0.05) is 11.7 Å². The molecule has 0 saturated heterocycles. The lowest BCUT2D eigenvalue weighted by atomic mass is 10.0. The van der Waals surface area contributed by atoms with Crippen molar-refractivity contribution < 1.29 is 52.1 Å². The van der Waals surface area contributed by atoms with Gasteiger partial charge in [-0.05, 0) is 18.4 Å². The highest BCUT2D eigenvalue weighted by Crippen LogP contribution is 2.06. The van der Waals surface area contributed by atoms with Crippen LogP contribution in [0.25, 0.3) is 0 Å². The summed E-state index contributed by atoms with van der Waals surface area (Å²) in [5.41, 5.74) is 0.654. The molecule has 0 aliphatic heterocycles. The molecule has 4 amide bonds. The predicted octanol–water partition coefficient (Wildman–Crippen LogP) is -0.0806. The van der Waals surface area contributed by atoms with E-state index in [0.717, 1.165) is 17.7 Å². The fourth-order valence-corrected chi connectivity index (χ4v) is 3.82. The topological polar surface area (TPSA) is 234 Å². The first-order valence-corrected chi connectivity index (χ1v) is 14.6. The van der Waals surface area contributed by atoms with Gasteiger partial charge in [0.15, 0.2) is 9.84 Å². The van der Waals surface area contributed by atoms with Gasteiger partial charge in [0.05, 0.1) is 18.9 Å². The van der Waals surface area contributed by atoms with Gasteiger partial charge in [-0.15, -0.1) is 0 Å². The monoisotopic (exact) mass is 612 g/mol. The Morgan fingerprint density at radius 3 is 1.95 bits per heavy atom. The second-order valence-electron chi connectivity index (χ2n) is 9.69. The molecule has 4 atom stereocenters. The first kappa shape index (κ1) is 35.6. The van der Waals surface area contributed by atoms with Crippen molar-refractivity contribution in [1.29, 1.82) is 0 Å². The highest BCUT2D eigenvalue weighted by molar-refractivity contribution is 7.93. The number of sulfone groups is 1. The molecule has 1 aromatic rings. The minimum atomic E-state index is -3.61. The molecule has 16 heteroatoms. The van der Waals surface area contributed by atoms with Crippen LogP contribution in [0.3, 0.4) is 0 Å². The summed E-state index contributed by atoms with van der Waals surface area (Å²) >= 11 is 0. The van der Waals surface area contributed by atoms with Gasteiger partial charge in [-0.2, -0.15) is 0 Å². The van der Waals surface area contributed by atoms with Crippen LogP contribution in [0.1, 0.15) is 39.2 Å². The molecule has 0 saturated carbocycles. The van der Waals surface area contributed by atoms with Gasteiger partial charge in [0.2, 0.25) is 17.7 Å². The van der Waals surface area contributed by atoms with Crippen molar-refractivity contribution >= 4 is 45.6 Å². The van der Waals surface area contributed by atoms with Gasteiger partial charge in [-0.1, -0.05) is 50.3 Å². The average molecular weight is 613 g/mol. The van der Waals surface area contributed by atoms with Crippen molar-refractivity contribution in [2.45, 2.75) is 64.4 Å². The largest absolute Gasteiger partial charge is 0.481 e. The summed E-state index contributed by atoms with van der Waals surface area (Å²) in [6.07, 6.45) is -0.614. The summed E-state index contributed by atoms with van der Waals surface area (Å²) < 4.78 is 27.8. The molecule has 1 unspecified atom stereocenters. The molecular formula is C26H36N4O11S. The Morgan fingerprint density at radius 2 is 1.43 bits per heavy atom. The quantitative estimate of drug-likeness (QED) is 0.144. The van der Waals surface area contributed by atoms with E-state index in [-0.39, 0.29) is 6.61 Å². The molecular weight excluding hydrogens is 576 g/mol. The lowest BCUT2D eigenvalue weighted by molar-refractivity contribution is -0.140. The van der Waals surface area contributed by atoms with E-state index in [2.05, 4.69) is 21.3 Å². The number of benzene rings is 1. The third kappa shape index (κ3) is 14.2. The number of amides is 4. The zero-order chi connectivity index (χ0) is 32.0. The minimum absolute atomic E-state index is 0.136. The number of alkyl carbamates (subject to hydrolysis) is 1. The van der Waals surface area contributed by atoms with Gasteiger partial charge in [0.25, 0.3) is 0 Å². The van der Waals surface area contributed by atoms with E-state index in [1.165, 1.54) is 6.92 Å². The third-order valence-corrected chi connectivity index (χ3v) is 6.13. The minimum Gasteiger partial charge on any atom is -0.481 e. The van der Waals surface area contributed by atoms with Gasteiger partial charge in [-0.25, -0.2) is 13.2 Å². The van der Waals surface area contributed by atoms with Crippen molar-refractivity contribution in [2.24, 2.45) is 5.92 Å². The van der Waals surface area contributed by atoms with Crippen LogP contribution in [0.4, 0.5) is 4.79 Å². The molecule has 0 bridgehead atoms. The van der Waals surface area contributed by atoms with Gasteiger partial charge < -0.3 is 36.2 Å². The molecule has 0 heterocycles. The van der Waals surface area contributed by atoms with Crippen molar-refractivity contribution in [3.63, 3.8) is 0 Å². The maximum atomic E-state index is 12.9. The van der Waals surface area contributed by atoms with Crippen LogP contribution >= 0.6 is 0 Å². The molecule has 0 aliphatic carbocycles. The number of ether oxygens (including phenoxy) is 1. The summed E-state index contributed by atoms with van der Waals surface area (Å²) in [7, 11) is -3.61. The molecule has 0 aliphatic rings. The van der Waals surface area contributed by atoms with Gasteiger partial charge in [0.1, 0.15) is 24.7 Å². The molecule has 1 aromatic carbocycles. The predicted molar refractivity (Wildman–Crippen MR) is 148 cm³/mol. The van der Waals surface area contributed by atoms with Gasteiger partial charge >= 0.3 is 18.0 Å². The number of carboxylic acid groups (broad SMARTS) is 2. The Balaban J connectivity index is 2.87. The van der Waals surface area contributed by atoms with Crippen LogP contribution in [0.2, 0.25) is 0 Å². The molecule has 42 heavy (non-hydrogen) atoms. The Kier molecular flexibility index (Phi) is 14.1. The van der Waals surface area contributed by atoms with E-state index in [1.54, 1.807) is 44.2 Å². The van der Waals surface area contributed by atoms with Gasteiger partial charge in [-0.3, -0.25) is 24.0 Å². The van der Waals surface area contributed by atoms with E-state index in [9.17, 15) is 42.3 Å². The van der Waals surface area contributed by atoms with Crippen molar-refractivity contribution in [1.82, 2.24) is 21.3 Å². The maximum Gasteiger partial charge on any atom is 0.408 e. The third-order valence-electron chi connectivity index (χ3n) is 5.48. The molecule has 15 nitrogen and oxygen atoms in total. The zero-order valence-corrected chi connectivity index (χ0v) is 24.3. The van der Waals surface area contributed by atoms with E-state index in [4.69, 9.17) is 9.84 Å². The van der Waals surface area contributed by atoms with Crippen LogP contribution in [0, 0.1) is 5.92 Å². The number of hydrogen-bond donors (Lipinski definition) is 6. The van der Waals surface area contributed by atoms with Crippen molar-refractivity contribution in [3.8, 4) is 0 Å². The van der Waals surface area contributed by atoms with Crippen molar-refractivity contribution in [2.75, 3.05) is 6.26 Å². The van der Waals surface area contributed by atoms with E-state index in [1.807, 2.05) is 0 Å². The average Bonchev–Trinajstić information content (AvgIpc) is 2.87. The molecule has 0 radical (unpaired) electrons. The second kappa shape index (κ2) is 16.7. The molecule has 1 rings (SSSR count). The lowest BCUT2D eigenvalue weighted by Gasteiger charge is -2.26. The maximum absolute atomic E-state index is 12.9. The first-order chi connectivity index (χ1) is 19.5. The molecule has 6 N–H and O–H groups in total. The molecule has 0 spiro atoms. The van der Waals surface area contributed by atoms with E-state index < -0.39 is 88.5 Å². The summed E-state index contributed by atoms with van der Waals surface area (Å²) in [6, 6.07) is 3.28. The SMILES string of the molecule is CC(NC(=O)[C@H](CC(=O)O)NC(=O)OCc1ccccc1)C(=O)N[C@H](C(=O)N[C@H](/C=C/S(C)(=O)=O)CC(=O)O)C(C)C. The Bertz CT molecular complexity index is 1270. The lowest BCUT2D eigenvalue weighted by Crippen LogP contribution is -2.57. The standard InChI is InChI=1S/C26H36N4O11S/c1-15(2)22(25(37)28-18(12-20(31)32)10-11-42(4,39)40)30-23(35)16(3)27-24(36)19(13-21(33)34)29-26(38)41-14-17-8-6-5-7-9-17/h5-11,15-16,18-19,22H,12-14H2,1-4H3,(H,27,36)(H,28,37)(H,29,38)(H,30,35)(H,31,32)(H,33,34)/b11-10+/t16?,18-,19+,22+/m1/s1. The molecule has 0 fully saturated rings. The Morgan fingerprint density at radius 1 is 0.833 bits per heavy atom. The Labute approximate surface area is 243 Å². The summed E-state index contributed by atoms with van der Waals surface area (Å²) in [5.74, 6) is -5.91. The fourth-order valence-electron chi connectivity index (χ4n) is 3.35. The van der Waals surface area contributed by atoms with Crippen LogP contribution in [0.5, 0.6) is 0 Å². The normalized spacial score (nSPS) is 14.2. The van der Waals surface area contributed by atoms with Crippen molar-refractivity contribution in [3.05, 3.63) is 47.4 Å². The zero-order valence-electron chi connectivity index (χ0n) is 23.5. The highest BCUT2D eigenvalue weighted by Gasteiger charge is 2.31. The number of rotatable bonds is 16. The summed E-state index contributed by atoms with van der Waals surface area (Å²) in [4.78, 5) is 73.1. The number of nitrogens with one attached hydrogen (secondary N) is 4. The Hall–Kier alpha value is -4.47. The number of aliphatic carboxylic acids is 2. The second-order valence-corrected chi connectivity index (χ2v) is 11.6. The van der Waals surface area contributed by atoms with E-state index >= 15 is 0 Å². The van der Waals surface area contributed by atoms with Crippen LogP contribution in [0.15, 0.2) is 41.8 Å². The number of hydrogen-bond acceptors (Lipinski definition) is 9. The molecule has 232 valence electrons. The van der Waals surface area contributed by atoms with Crippen LogP contribution in [-0.4, -0.2) is 84.8 Å².